The van der Waals surface area contributed by atoms with E-state index in [4.69, 9.17) is 0 Å². The Hall–Kier alpha value is -1.89. The van der Waals surface area contributed by atoms with Crippen molar-refractivity contribution in [1.82, 2.24) is 20.0 Å². The molecule has 0 bridgehead atoms. The molecule has 0 aliphatic heterocycles. The van der Waals surface area contributed by atoms with E-state index in [2.05, 4.69) is 10.4 Å². The van der Waals surface area contributed by atoms with Gasteiger partial charge >= 0.3 is 0 Å². The third-order valence-corrected chi connectivity index (χ3v) is 1.88. The molecule has 1 aromatic rings. The summed E-state index contributed by atoms with van der Waals surface area (Å²) in [5.41, 5.74) is 2.46. The number of carboxylic acid groups (broad SMARTS) is 1. The van der Waals surface area contributed by atoms with Crippen LogP contribution in [0.3, 0.4) is 0 Å². The first-order valence-electron chi connectivity index (χ1n) is 4.66. The summed E-state index contributed by atoms with van der Waals surface area (Å²) < 4.78 is 1.32. The molecule has 1 heterocycles. The second-order valence-corrected chi connectivity index (χ2v) is 3.48. The lowest BCUT2D eigenvalue weighted by atomic mass is 10.2. The number of aliphatic carboxylic acids is 1. The van der Waals surface area contributed by atoms with Crippen molar-refractivity contribution < 1.29 is 14.7 Å². The van der Waals surface area contributed by atoms with Crippen molar-refractivity contribution in [3.05, 3.63) is 18.7 Å². The fourth-order valence-electron chi connectivity index (χ4n) is 1.23. The number of imidazole rings is 1. The molecule has 0 saturated carbocycles. The lowest BCUT2D eigenvalue weighted by molar-refractivity contribution is -0.310. The van der Waals surface area contributed by atoms with E-state index in [0.717, 1.165) is 0 Å². The van der Waals surface area contributed by atoms with E-state index in [9.17, 15) is 14.7 Å². The highest BCUT2D eigenvalue weighted by atomic mass is 16.4. The summed E-state index contributed by atoms with van der Waals surface area (Å²) in [6, 6.07) is -1.04. The van der Waals surface area contributed by atoms with Gasteiger partial charge in [-0.15, -0.1) is 0 Å². The summed E-state index contributed by atoms with van der Waals surface area (Å²) in [4.78, 5) is 26.0. The van der Waals surface area contributed by atoms with Crippen LogP contribution in [0.25, 0.3) is 0 Å². The SMILES string of the molecule is CN(C)NC(=O)C[C@@H](C(=O)[O-])n1ccnc1. The normalized spacial score (nSPS) is 12.4. The van der Waals surface area contributed by atoms with Gasteiger partial charge in [0.25, 0.3) is 0 Å². The van der Waals surface area contributed by atoms with Gasteiger partial charge < -0.3 is 14.5 Å². The van der Waals surface area contributed by atoms with E-state index >= 15 is 0 Å². The smallest absolute Gasteiger partial charge is 0.236 e. The van der Waals surface area contributed by atoms with Crippen LogP contribution in [-0.4, -0.2) is 40.5 Å². The Balaban J connectivity index is 2.67. The first-order valence-corrected chi connectivity index (χ1v) is 4.66. The molecule has 1 aromatic heterocycles. The molecule has 0 aromatic carbocycles. The molecule has 1 rings (SSSR count). The van der Waals surface area contributed by atoms with Crippen molar-refractivity contribution in [1.29, 1.82) is 0 Å². The average molecular weight is 225 g/mol. The highest BCUT2D eigenvalue weighted by molar-refractivity contribution is 5.82. The molecule has 0 radical (unpaired) electrons. The number of hydrogen-bond donors (Lipinski definition) is 1. The van der Waals surface area contributed by atoms with Crippen LogP contribution in [0.15, 0.2) is 18.7 Å². The van der Waals surface area contributed by atoms with E-state index < -0.39 is 17.9 Å². The third kappa shape index (κ3) is 3.35. The van der Waals surface area contributed by atoms with Crippen molar-refractivity contribution >= 4 is 11.9 Å². The predicted molar refractivity (Wildman–Crippen MR) is 52.7 cm³/mol. The highest BCUT2D eigenvalue weighted by Gasteiger charge is 2.16. The van der Waals surface area contributed by atoms with E-state index in [0.29, 0.717) is 0 Å². The Morgan fingerprint density at radius 2 is 2.25 bits per heavy atom. The van der Waals surface area contributed by atoms with Crippen LogP contribution in [-0.2, 0) is 9.59 Å². The number of hydrogen-bond acceptors (Lipinski definition) is 5. The number of nitrogens with zero attached hydrogens (tertiary/aromatic N) is 3. The largest absolute Gasteiger partial charge is 0.548 e. The summed E-state index contributed by atoms with van der Waals surface area (Å²) in [6.07, 6.45) is 4.06. The Labute approximate surface area is 92.7 Å². The maximum absolute atomic E-state index is 11.4. The molecule has 7 nitrogen and oxygen atoms in total. The molecule has 1 N–H and O–H groups in total. The molecule has 7 heteroatoms. The number of nitrogens with one attached hydrogen (secondary N) is 1. The minimum atomic E-state index is -1.31. The molecule has 0 fully saturated rings. The number of rotatable bonds is 5. The second kappa shape index (κ2) is 5.26. The molecule has 0 saturated heterocycles. The zero-order chi connectivity index (χ0) is 12.1. The summed E-state index contributed by atoms with van der Waals surface area (Å²) in [6.45, 7) is 0. The predicted octanol–water partition coefficient (Wildman–Crippen LogP) is -1.84. The van der Waals surface area contributed by atoms with Crippen LogP contribution < -0.4 is 10.5 Å². The lowest BCUT2D eigenvalue weighted by Gasteiger charge is -2.20. The Kier molecular flexibility index (Phi) is 4.01. The van der Waals surface area contributed by atoms with Crippen LogP contribution in [0.1, 0.15) is 12.5 Å². The fourth-order valence-corrected chi connectivity index (χ4v) is 1.23. The number of carboxylic acids is 1. The number of amides is 1. The zero-order valence-corrected chi connectivity index (χ0v) is 9.08. The second-order valence-electron chi connectivity index (χ2n) is 3.48. The molecular formula is C9H13N4O3-. The standard InChI is InChI=1S/C9H14N4O3/c1-12(2)11-8(14)5-7(9(15)16)13-4-3-10-6-13/h3-4,6-7H,5H2,1-2H3,(H,11,14)(H,15,16)/p-1/t7-/m0/s1. The van der Waals surface area contributed by atoms with Gasteiger partial charge in [0.2, 0.25) is 5.91 Å². The first-order chi connectivity index (χ1) is 7.50. The van der Waals surface area contributed by atoms with Crippen molar-refractivity contribution in [2.45, 2.75) is 12.5 Å². The van der Waals surface area contributed by atoms with Gasteiger partial charge in [-0.1, -0.05) is 0 Å². The van der Waals surface area contributed by atoms with Crippen molar-refractivity contribution in [3.8, 4) is 0 Å². The minimum Gasteiger partial charge on any atom is -0.548 e. The van der Waals surface area contributed by atoms with Gasteiger partial charge in [-0.3, -0.25) is 10.2 Å². The Bertz CT molecular complexity index is 361. The molecule has 0 aliphatic rings. The Morgan fingerprint density at radius 1 is 1.56 bits per heavy atom. The number of hydrazine groups is 1. The summed E-state index contributed by atoms with van der Waals surface area (Å²) in [5.74, 6) is -1.71. The van der Waals surface area contributed by atoms with Crippen LogP contribution in [0.4, 0.5) is 0 Å². The van der Waals surface area contributed by atoms with Gasteiger partial charge in [-0.2, -0.15) is 0 Å². The average Bonchev–Trinajstić information content (AvgIpc) is 2.64. The molecule has 0 aliphatic carbocycles. The molecule has 88 valence electrons. The van der Waals surface area contributed by atoms with Crippen molar-refractivity contribution in [2.75, 3.05) is 14.1 Å². The minimum absolute atomic E-state index is 0.198. The van der Waals surface area contributed by atoms with Gasteiger partial charge in [-0.05, 0) is 0 Å². The number of carbonyl (C=O) groups is 2. The molecule has 0 unspecified atom stereocenters. The molecular weight excluding hydrogens is 212 g/mol. The lowest BCUT2D eigenvalue weighted by Crippen LogP contribution is -2.41. The quantitative estimate of drug-likeness (QED) is 0.594. The zero-order valence-electron chi connectivity index (χ0n) is 9.08. The maximum Gasteiger partial charge on any atom is 0.236 e. The van der Waals surface area contributed by atoms with Crippen LogP contribution in [0.2, 0.25) is 0 Å². The topological polar surface area (TPSA) is 90.3 Å². The molecule has 16 heavy (non-hydrogen) atoms. The third-order valence-electron chi connectivity index (χ3n) is 1.88. The van der Waals surface area contributed by atoms with E-state index in [1.165, 1.54) is 28.3 Å². The van der Waals surface area contributed by atoms with Gasteiger partial charge in [0.05, 0.1) is 24.8 Å². The molecule has 0 spiro atoms. The van der Waals surface area contributed by atoms with Crippen molar-refractivity contribution in [2.24, 2.45) is 0 Å². The fraction of sp³-hybridized carbons (Fsp3) is 0.444. The number of carbonyl (C=O) groups excluding carboxylic acids is 2. The van der Waals surface area contributed by atoms with Gasteiger partial charge in [0.1, 0.15) is 0 Å². The van der Waals surface area contributed by atoms with Crippen LogP contribution in [0.5, 0.6) is 0 Å². The van der Waals surface area contributed by atoms with Crippen molar-refractivity contribution in [3.63, 3.8) is 0 Å². The first kappa shape index (κ1) is 12.2. The monoisotopic (exact) mass is 225 g/mol. The van der Waals surface area contributed by atoms with Gasteiger partial charge in [0, 0.05) is 26.5 Å². The van der Waals surface area contributed by atoms with E-state index in [-0.39, 0.29) is 6.42 Å². The molecule has 1 atom stereocenters. The van der Waals surface area contributed by atoms with Crippen LogP contribution in [0, 0.1) is 0 Å². The van der Waals surface area contributed by atoms with Gasteiger partial charge in [0.15, 0.2) is 0 Å². The molecule has 1 amide bonds. The van der Waals surface area contributed by atoms with E-state index in [1.807, 2.05) is 0 Å². The van der Waals surface area contributed by atoms with E-state index in [1.54, 1.807) is 14.1 Å². The maximum atomic E-state index is 11.4. The summed E-state index contributed by atoms with van der Waals surface area (Å²) in [7, 11) is 3.28. The number of aromatic nitrogens is 2. The van der Waals surface area contributed by atoms with Gasteiger partial charge in [-0.25, -0.2) is 9.99 Å². The highest BCUT2D eigenvalue weighted by Crippen LogP contribution is 2.09. The summed E-state index contributed by atoms with van der Waals surface area (Å²) in [5, 5.41) is 12.3. The Morgan fingerprint density at radius 3 is 2.69 bits per heavy atom. The van der Waals surface area contributed by atoms with Crippen LogP contribution >= 0.6 is 0 Å². The summed E-state index contributed by atoms with van der Waals surface area (Å²) >= 11 is 0.